The second kappa shape index (κ2) is 7.21. The van der Waals surface area contributed by atoms with Crippen molar-refractivity contribution in [2.45, 2.75) is 69.1 Å². The monoisotopic (exact) mass is 353 g/mol. The van der Waals surface area contributed by atoms with Crippen LogP contribution in [0.25, 0.3) is 0 Å². The fourth-order valence-electron chi connectivity index (χ4n) is 3.71. The summed E-state index contributed by atoms with van der Waals surface area (Å²) in [7, 11) is -3.48. The molecular formula is C18H24FNO3S. The smallest absolute Gasteiger partial charge is 0.262 e. The van der Waals surface area contributed by atoms with Gasteiger partial charge in [-0.2, -0.15) is 0 Å². The number of sulfonamides is 1. The highest BCUT2D eigenvalue weighted by Crippen LogP contribution is 2.34. The maximum Gasteiger partial charge on any atom is 0.262 e. The number of rotatable bonds is 5. The molecule has 0 spiro atoms. The molecule has 1 aromatic rings. The molecule has 0 radical (unpaired) electrons. The Morgan fingerprint density at radius 2 is 1.96 bits per heavy atom. The average molecular weight is 353 g/mol. The van der Waals surface area contributed by atoms with Crippen molar-refractivity contribution in [1.29, 1.82) is 0 Å². The molecule has 0 bridgehead atoms. The minimum atomic E-state index is -3.48. The number of ether oxygens (including phenoxy) is 1. The highest BCUT2D eigenvalue weighted by Gasteiger charge is 2.41. The maximum absolute atomic E-state index is 13.2. The van der Waals surface area contributed by atoms with Crippen LogP contribution in [-0.4, -0.2) is 25.7 Å². The Hall–Kier alpha value is -1.43. The lowest BCUT2D eigenvalue weighted by Gasteiger charge is -2.34. The van der Waals surface area contributed by atoms with Gasteiger partial charge in [0.1, 0.15) is 17.2 Å². The minimum absolute atomic E-state index is 0.0877. The van der Waals surface area contributed by atoms with Crippen LogP contribution in [0.3, 0.4) is 0 Å². The molecule has 24 heavy (non-hydrogen) atoms. The Balaban J connectivity index is 1.81. The zero-order valence-electron chi connectivity index (χ0n) is 13.9. The SMILES string of the molecule is CCC[C@H](CC1=NS(=O)(=O)C2CCCCC2O1)c1ccc(F)cc1. The molecule has 1 aliphatic carbocycles. The van der Waals surface area contributed by atoms with Crippen LogP contribution in [0.15, 0.2) is 28.7 Å². The molecule has 2 aliphatic rings. The van der Waals surface area contributed by atoms with Crippen LogP contribution in [0.2, 0.25) is 0 Å². The van der Waals surface area contributed by atoms with E-state index < -0.39 is 15.3 Å². The number of benzene rings is 1. The highest BCUT2D eigenvalue weighted by molar-refractivity contribution is 7.91. The molecule has 0 saturated heterocycles. The summed E-state index contributed by atoms with van der Waals surface area (Å²) in [5, 5.41) is -0.481. The van der Waals surface area contributed by atoms with Crippen LogP contribution in [0.1, 0.15) is 63.4 Å². The van der Waals surface area contributed by atoms with Gasteiger partial charge in [-0.25, -0.2) is 12.8 Å². The second-order valence-electron chi connectivity index (χ2n) is 6.72. The Bertz CT molecular complexity index is 699. The third kappa shape index (κ3) is 3.79. The molecule has 4 nitrogen and oxygen atoms in total. The number of hydrogen-bond acceptors (Lipinski definition) is 3. The van der Waals surface area contributed by atoms with Gasteiger partial charge in [-0.3, -0.25) is 0 Å². The van der Waals surface area contributed by atoms with E-state index in [1.807, 2.05) is 0 Å². The third-order valence-electron chi connectivity index (χ3n) is 4.94. The van der Waals surface area contributed by atoms with Gasteiger partial charge in [-0.1, -0.05) is 31.9 Å². The molecule has 1 aliphatic heterocycles. The van der Waals surface area contributed by atoms with E-state index >= 15 is 0 Å². The molecule has 0 N–H and O–H groups in total. The van der Waals surface area contributed by atoms with Crippen molar-refractivity contribution in [3.63, 3.8) is 0 Å². The van der Waals surface area contributed by atoms with Gasteiger partial charge in [0, 0.05) is 6.42 Å². The van der Waals surface area contributed by atoms with E-state index in [0.29, 0.717) is 18.7 Å². The van der Waals surface area contributed by atoms with Crippen LogP contribution in [-0.2, 0) is 14.8 Å². The van der Waals surface area contributed by atoms with Gasteiger partial charge in [-0.05, 0) is 49.3 Å². The largest absolute Gasteiger partial charge is 0.475 e. The summed E-state index contributed by atoms with van der Waals surface area (Å²) in [4.78, 5) is 0. The van der Waals surface area contributed by atoms with Gasteiger partial charge in [0.2, 0.25) is 5.90 Å². The molecule has 1 heterocycles. The van der Waals surface area contributed by atoms with E-state index in [-0.39, 0.29) is 17.8 Å². The number of hydrogen-bond donors (Lipinski definition) is 0. The summed E-state index contributed by atoms with van der Waals surface area (Å²) in [6, 6.07) is 6.40. The Morgan fingerprint density at radius 3 is 2.67 bits per heavy atom. The van der Waals surface area contributed by atoms with Gasteiger partial charge >= 0.3 is 0 Å². The first-order valence-corrected chi connectivity index (χ1v) is 10.2. The summed E-state index contributed by atoms with van der Waals surface area (Å²) >= 11 is 0. The minimum Gasteiger partial charge on any atom is -0.475 e. The number of nitrogens with zero attached hydrogens (tertiary/aromatic N) is 1. The van der Waals surface area contributed by atoms with Crippen LogP contribution >= 0.6 is 0 Å². The molecule has 132 valence electrons. The van der Waals surface area contributed by atoms with Crippen LogP contribution < -0.4 is 0 Å². The fraction of sp³-hybridized carbons (Fsp3) is 0.611. The Kier molecular flexibility index (Phi) is 5.23. The normalized spacial score (nSPS) is 26.8. The summed E-state index contributed by atoms with van der Waals surface area (Å²) in [6.07, 6.45) is 5.35. The Labute approximate surface area is 143 Å². The summed E-state index contributed by atoms with van der Waals surface area (Å²) in [6.45, 7) is 2.08. The number of halogens is 1. The van der Waals surface area contributed by atoms with E-state index in [9.17, 15) is 12.8 Å². The predicted octanol–water partition coefficient (Wildman–Crippen LogP) is 4.17. The van der Waals surface area contributed by atoms with Gasteiger partial charge in [0.05, 0.1) is 0 Å². The number of fused-ring (bicyclic) bond motifs is 1. The standard InChI is InChI=1S/C18H24FNO3S/c1-2-5-14(13-8-10-15(19)11-9-13)12-18-20-24(21,22)17-7-4-3-6-16(17)23-18/h8-11,14,16-17H,2-7,12H2,1H3/t14-,16?,17?/m1/s1. The van der Waals surface area contributed by atoms with Crippen molar-refractivity contribution in [3.05, 3.63) is 35.6 Å². The van der Waals surface area contributed by atoms with Crippen molar-refractivity contribution in [1.82, 2.24) is 0 Å². The quantitative estimate of drug-likeness (QED) is 0.798. The van der Waals surface area contributed by atoms with Crippen LogP contribution in [0, 0.1) is 5.82 Å². The van der Waals surface area contributed by atoms with Gasteiger partial charge < -0.3 is 4.74 Å². The van der Waals surface area contributed by atoms with E-state index in [4.69, 9.17) is 4.74 Å². The molecular weight excluding hydrogens is 329 g/mol. The third-order valence-corrected chi connectivity index (χ3v) is 6.70. The van der Waals surface area contributed by atoms with Crippen molar-refractivity contribution < 1.29 is 17.5 Å². The van der Waals surface area contributed by atoms with Crippen molar-refractivity contribution in [2.75, 3.05) is 0 Å². The summed E-state index contributed by atoms with van der Waals surface area (Å²) < 4.78 is 47.9. The van der Waals surface area contributed by atoms with Crippen molar-refractivity contribution in [2.24, 2.45) is 4.40 Å². The van der Waals surface area contributed by atoms with Gasteiger partial charge in [0.15, 0.2) is 0 Å². The van der Waals surface area contributed by atoms with Gasteiger partial charge in [0.25, 0.3) is 10.0 Å². The lowest BCUT2D eigenvalue weighted by molar-refractivity contribution is 0.135. The zero-order valence-corrected chi connectivity index (χ0v) is 14.8. The first kappa shape index (κ1) is 17.4. The maximum atomic E-state index is 13.2. The average Bonchev–Trinajstić information content (AvgIpc) is 2.55. The van der Waals surface area contributed by atoms with Crippen LogP contribution in [0.5, 0.6) is 0 Å². The Morgan fingerprint density at radius 1 is 1.25 bits per heavy atom. The van der Waals surface area contributed by atoms with E-state index in [2.05, 4.69) is 11.3 Å². The van der Waals surface area contributed by atoms with Crippen molar-refractivity contribution >= 4 is 15.9 Å². The predicted molar refractivity (Wildman–Crippen MR) is 92.1 cm³/mol. The van der Waals surface area contributed by atoms with E-state index in [1.165, 1.54) is 12.1 Å². The first-order chi connectivity index (χ1) is 11.5. The van der Waals surface area contributed by atoms with Gasteiger partial charge in [-0.15, -0.1) is 4.40 Å². The summed E-state index contributed by atoms with van der Waals surface area (Å²) in [5.74, 6) is 0.137. The molecule has 3 rings (SSSR count). The molecule has 6 heteroatoms. The molecule has 0 amide bonds. The van der Waals surface area contributed by atoms with Crippen LogP contribution in [0.4, 0.5) is 4.39 Å². The molecule has 1 saturated carbocycles. The van der Waals surface area contributed by atoms with E-state index in [1.54, 1.807) is 12.1 Å². The molecule has 1 aromatic carbocycles. The molecule has 1 fully saturated rings. The van der Waals surface area contributed by atoms with Crippen molar-refractivity contribution in [3.8, 4) is 0 Å². The lowest BCUT2D eigenvalue weighted by atomic mass is 9.91. The highest BCUT2D eigenvalue weighted by atomic mass is 32.2. The van der Waals surface area contributed by atoms with E-state index in [0.717, 1.165) is 37.7 Å². The lowest BCUT2D eigenvalue weighted by Crippen LogP contribution is -2.43. The first-order valence-electron chi connectivity index (χ1n) is 8.74. The molecule has 2 unspecified atom stereocenters. The summed E-state index contributed by atoms with van der Waals surface area (Å²) in [5.41, 5.74) is 0.993. The molecule has 0 aromatic heterocycles. The molecule has 3 atom stereocenters. The zero-order chi connectivity index (χ0) is 17.2. The second-order valence-corrected chi connectivity index (χ2v) is 8.54. The topological polar surface area (TPSA) is 55.7 Å². The fourth-order valence-corrected chi connectivity index (χ4v) is 5.29.